The van der Waals surface area contributed by atoms with E-state index in [0.717, 1.165) is 24.3 Å². The molecule has 0 saturated carbocycles. The zero-order chi connectivity index (χ0) is 28.3. The number of nitrogens with zero attached hydrogens (tertiary/aromatic N) is 1. The minimum absolute atomic E-state index is 0.101. The number of hydrogen-bond donors (Lipinski definition) is 1. The van der Waals surface area contributed by atoms with Gasteiger partial charge in [-0.25, -0.2) is 30.0 Å². The zero-order valence-electron chi connectivity index (χ0n) is 19.9. The van der Waals surface area contributed by atoms with Gasteiger partial charge in [-0.05, 0) is 73.0 Å². The number of carboxylic acid groups (broad SMARTS) is 1. The van der Waals surface area contributed by atoms with E-state index in [1.165, 1.54) is 37.3 Å². The van der Waals surface area contributed by atoms with Crippen LogP contribution < -0.4 is 4.31 Å². The number of hydrogen-bond acceptors (Lipinski definition) is 5. The molecule has 0 radical (unpaired) electrons. The highest BCUT2D eigenvalue weighted by Gasteiger charge is 2.34. The van der Waals surface area contributed by atoms with Gasteiger partial charge in [0.25, 0.3) is 10.0 Å². The number of benzene rings is 3. The van der Waals surface area contributed by atoms with Crippen LogP contribution in [-0.2, 0) is 31.1 Å². The van der Waals surface area contributed by atoms with Crippen LogP contribution >= 0.6 is 11.6 Å². The first kappa shape index (κ1) is 29.5. The first-order valence-corrected chi connectivity index (χ1v) is 14.8. The lowest BCUT2D eigenvalue weighted by Crippen LogP contribution is -2.35. The summed E-state index contributed by atoms with van der Waals surface area (Å²) < 4.78 is 96.0. The molecule has 1 N–H and O–H groups in total. The third-order valence-corrected chi connectivity index (χ3v) is 9.54. The lowest BCUT2D eigenvalue weighted by Gasteiger charge is -2.32. The average molecular weight is 590 g/mol. The Morgan fingerprint density at radius 3 is 2.16 bits per heavy atom. The van der Waals surface area contributed by atoms with Crippen molar-refractivity contribution in [3.05, 3.63) is 94.3 Å². The standard InChI is InChI=1S/C25H23ClF3NO6S2/c1-16(22-8-4-19(27)14-17(22)10-12-37(33,34)13-11-25(31)32)30(24-15-20(28)5-9-23(24)29)38(35,36)21-6-2-18(26)3-7-21/h2-9,14-16H,10-13H2,1H3,(H,31,32). The van der Waals surface area contributed by atoms with E-state index in [2.05, 4.69) is 0 Å². The quantitative estimate of drug-likeness (QED) is 0.331. The van der Waals surface area contributed by atoms with Crippen LogP contribution in [0.15, 0.2) is 65.6 Å². The Hall–Kier alpha value is -3.09. The molecule has 0 aliphatic heterocycles. The Kier molecular flexibility index (Phi) is 9.11. The van der Waals surface area contributed by atoms with E-state index in [1.54, 1.807) is 0 Å². The fourth-order valence-corrected chi connectivity index (χ4v) is 6.84. The number of rotatable bonds is 11. The normalized spacial score (nSPS) is 12.8. The van der Waals surface area contributed by atoms with E-state index in [4.69, 9.17) is 16.7 Å². The fourth-order valence-electron chi connectivity index (χ4n) is 3.86. The maximum absolute atomic E-state index is 14.9. The minimum atomic E-state index is -4.56. The molecule has 204 valence electrons. The number of halogens is 4. The second kappa shape index (κ2) is 11.7. The number of aryl methyl sites for hydroxylation is 1. The van der Waals surface area contributed by atoms with Crippen molar-refractivity contribution in [2.24, 2.45) is 0 Å². The molecule has 0 aliphatic carbocycles. The van der Waals surface area contributed by atoms with Crippen molar-refractivity contribution < 1.29 is 39.9 Å². The van der Waals surface area contributed by atoms with Crippen molar-refractivity contribution in [3.63, 3.8) is 0 Å². The number of sulfone groups is 1. The highest BCUT2D eigenvalue weighted by molar-refractivity contribution is 7.93. The van der Waals surface area contributed by atoms with Crippen molar-refractivity contribution in [2.75, 3.05) is 15.8 Å². The van der Waals surface area contributed by atoms with E-state index < -0.39 is 72.9 Å². The summed E-state index contributed by atoms with van der Waals surface area (Å²) >= 11 is 5.87. The third kappa shape index (κ3) is 7.06. The van der Waals surface area contributed by atoms with Gasteiger partial charge in [0.15, 0.2) is 9.84 Å². The molecule has 0 aromatic heterocycles. The van der Waals surface area contributed by atoms with Crippen LogP contribution in [0.2, 0.25) is 5.02 Å². The molecule has 0 spiro atoms. The van der Waals surface area contributed by atoms with Gasteiger partial charge in [-0.2, -0.15) is 0 Å². The number of aliphatic carboxylic acids is 1. The van der Waals surface area contributed by atoms with Gasteiger partial charge in [-0.1, -0.05) is 17.7 Å². The molecule has 0 saturated heterocycles. The first-order valence-electron chi connectivity index (χ1n) is 11.2. The summed E-state index contributed by atoms with van der Waals surface area (Å²) in [4.78, 5) is 10.5. The van der Waals surface area contributed by atoms with Gasteiger partial charge in [0.05, 0.1) is 34.6 Å². The average Bonchev–Trinajstić information content (AvgIpc) is 2.84. The highest BCUT2D eigenvalue weighted by Crippen LogP contribution is 2.37. The summed E-state index contributed by atoms with van der Waals surface area (Å²) in [5.41, 5.74) is -0.373. The van der Waals surface area contributed by atoms with Crippen molar-refractivity contribution >= 4 is 43.1 Å². The Morgan fingerprint density at radius 1 is 0.921 bits per heavy atom. The molecule has 0 fully saturated rings. The predicted octanol–water partition coefficient (Wildman–Crippen LogP) is 5.15. The summed E-state index contributed by atoms with van der Waals surface area (Å²) in [5, 5.41) is 9.01. The Labute approximate surface area is 223 Å². The van der Waals surface area contributed by atoms with Crippen LogP contribution in [0.5, 0.6) is 0 Å². The molecule has 38 heavy (non-hydrogen) atoms. The molecule has 1 unspecified atom stereocenters. The molecule has 0 bridgehead atoms. The molecule has 13 heteroatoms. The maximum Gasteiger partial charge on any atom is 0.304 e. The number of sulfonamides is 1. The van der Waals surface area contributed by atoms with E-state index in [-0.39, 0.29) is 27.5 Å². The lowest BCUT2D eigenvalue weighted by atomic mass is 9.99. The van der Waals surface area contributed by atoms with Crippen molar-refractivity contribution in [3.8, 4) is 0 Å². The van der Waals surface area contributed by atoms with Crippen LogP contribution in [0.3, 0.4) is 0 Å². The van der Waals surface area contributed by atoms with Crippen molar-refractivity contribution in [1.82, 2.24) is 0 Å². The predicted molar refractivity (Wildman–Crippen MR) is 137 cm³/mol. The third-order valence-electron chi connectivity index (χ3n) is 5.73. The molecule has 3 aromatic rings. The van der Waals surface area contributed by atoms with E-state index in [9.17, 15) is 34.8 Å². The van der Waals surface area contributed by atoms with Gasteiger partial charge in [-0.3, -0.25) is 9.10 Å². The largest absolute Gasteiger partial charge is 0.481 e. The maximum atomic E-state index is 14.9. The second-order valence-electron chi connectivity index (χ2n) is 8.42. The van der Waals surface area contributed by atoms with Gasteiger partial charge in [0.1, 0.15) is 17.5 Å². The lowest BCUT2D eigenvalue weighted by molar-refractivity contribution is -0.136. The summed E-state index contributed by atoms with van der Waals surface area (Å²) in [6.07, 6.45) is -0.888. The molecule has 7 nitrogen and oxygen atoms in total. The van der Waals surface area contributed by atoms with Crippen LogP contribution in [0, 0.1) is 17.5 Å². The van der Waals surface area contributed by atoms with Crippen LogP contribution in [0.4, 0.5) is 18.9 Å². The molecule has 0 aliphatic rings. The summed E-state index contributed by atoms with van der Waals surface area (Å²) in [7, 11) is -8.40. The molecule has 0 amide bonds. The fraction of sp³-hybridized carbons (Fsp3) is 0.240. The SMILES string of the molecule is CC(c1ccc(F)cc1CCS(=O)(=O)CCC(=O)O)N(c1cc(F)ccc1F)S(=O)(=O)c1ccc(Cl)cc1. The number of anilines is 1. The monoisotopic (exact) mass is 589 g/mol. The molecular formula is C25H23ClF3NO6S2. The Bertz CT molecular complexity index is 1550. The van der Waals surface area contributed by atoms with Gasteiger partial charge in [0.2, 0.25) is 0 Å². The second-order valence-corrected chi connectivity index (χ2v) is 13.0. The molecule has 1 atom stereocenters. The van der Waals surface area contributed by atoms with Gasteiger partial charge in [-0.15, -0.1) is 0 Å². The van der Waals surface area contributed by atoms with Crippen LogP contribution in [0.1, 0.15) is 30.5 Å². The summed E-state index contributed by atoms with van der Waals surface area (Å²) in [6.45, 7) is 1.37. The smallest absolute Gasteiger partial charge is 0.304 e. The van der Waals surface area contributed by atoms with E-state index in [0.29, 0.717) is 10.4 Å². The highest BCUT2D eigenvalue weighted by atomic mass is 35.5. The first-order chi connectivity index (χ1) is 17.7. The summed E-state index contributed by atoms with van der Waals surface area (Å²) in [5.74, 6) is -5.16. The van der Waals surface area contributed by atoms with Crippen LogP contribution in [-0.4, -0.2) is 39.4 Å². The number of carboxylic acids is 1. The van der Waals surface area contributed by atoms with Gasteiger partial charge >= 0.3 is 5.97 Å². The molecule has 3 rings (SSSR count). The van der Waals surface area contributed by atoms with E-state index >= 15 is 0 Å². The topological polar surface area (TPSA) is 109 Å². The van der Waals surface area contributed by atoms with Crippen molar-refractivity contribution in [2.45, 2.75) is 30.7 Å². The molecular weight excluding hydrogens is 567 g/mol. The Morgan fingerprint density at radius 2 is 1.53 bits per heavy atom. The van der Waals surface area contributed by atoms with E-state index in [1.807, 2.05) is 0 Å². The number of carbonyl (C=O) groups is 1. The van der Waals surface area contributed by atoms with Gasteiger partial charge < -0.3 is 5.11 Å². The van der Waals surface area contributed by atoms with Crippen molar-refractivity contribution in [1.29, 1.82) is 0 Å². The van der Waals surface area contributed by atoms with Gasteiger partial charge in [0, 0.05) is 11.1 Å². The van der Waals surface area contributed by atoms with Crippen LogP contribution in [0.25, 0.3) is 0 Å². The molecule has 0 heterocycles. The minimum Gasteiger partial charge on any atom is -0.481 e. The molecule has 3 aromatic carbocycles. The Balaban J connectivity index is 2.12. The zero-order valence-corrected chi connectivity index (χ0v) is 22.3. The summed E-state index contributed by atoms with van der Waals surface area (Å²) in [6, 6.07) is 9.32.